The number of phenols is 2. The smallest absolute Gasteiger partial charge is 0.147 e. The van der Waals surface area contributed by atoms with E-state index in [1.807, 2.05) is 59.6 Å². The van der Waals surface area contributed by atoms with Crippen molar-refractivity contribution in [2.45, 2.75) is 135 Å². The van der Waals surface area contributed by atoms with Gasteiger partial charge in [0.25, 0.3) is 0 Å². The lowest BCUT2D eigenvalue weighted by atomic mass is 9.79. The van der Waals surface area contributed by atoms with Crippen LogP contribution in [-0.2, 0) is 0 Å². The van der Waals surface area contributed by atoms with Gasteiger partial charge in [0.05, 0.1) is 83.7 Å². The first kappa shape index (κ1) is 60.7. The Labute approximate surface area is 519 Å². The minimum atomic E-state index is 0.0645. The minimum Gasteiger partial charge on any atom is -0.507 e. The lowest BCUT2D eigenvalue weighted by Crippen LogP contribution is -2.62. The molecule has 0 bridgehead atoms. The zero-order valence-corrected chi connectivity index (χ0v) is 52.8. The van der Waals surface area contributed by atoms with E-state index in [0.717, 1.165) is 102 Å². The standard InChI is InChI=1S/C23H28Cl2N6.C23H30N6O.C20H21N5O/c1-22(2)8-15(9-23(3,4)30-22)31(5)21-13-26-20(12-27-21)17-7-18(24)16(6-19(17)25)14-10-28-29-11-14;1-22(2)11-17(12-23(3,4)27-22)28(5)21-14-25-19(13-26-21)18-7-6-16(10-20(18)30)29-9-8-24-15-29;26-19-6-13(16-7-23-24-8-16)4-5-17(19)18-9-22-20(10-21-18)25-11-14-2-1-3-15(14)12-25/h6-7,10-13,15,30H,8-9H2,1-5H3,(H,28,29);6-10,13-15,17,27,30H,11-12H2,1-5H3;4-10,14-15,26H,1-3,11-12H2,(H,23,24). The number of halogens is 2. The molecule has 2 atom stereocenters. The summed E-state index contributed by atoms with van der Waals surface area (Å²) in [7, 11) is 4.18. The second-order valence-corrected chi connectivity index (χ2v) is 27.3. The molecule has 19 nitrogen and oxygen atoms in total. The van der Waals surface area contributed by atoms with Gasteiger partial charge in [0, 0.05) is 131 Å². The highest BCUT2D eigenvalue weighted by atomic mass is 35.5. The van der Waals surface area contributed by atoms with Crippen LogP contribution in [0.15, 0.2) is 129 Å². The van der Waals surface area contributed by atoms with Crippen molar-refractivity contribution in [3.8, 4) is 73.2 Å². The highest BCUT2D eigenvalue weighted by Crippen LogP contribution is 2.42. The van der Waals surface area contributed by atoms with Gasteiger partial charge in [-0.25, -0.2) is 19.9 Å². The van der Waals surface area contributed by atoms with Crippen LogP contribution in [0.4, 0.5) is 17.5 Å². The fourth-order valence-corrected chi connectivity index (χ4v) is 14.3. The van der Waals surface area contributed by atoms with Gasteiger partial charge in [-0.1, -0.05) is 35.7 Å². The Morgan fingerprint density at radius 1 is 0.529 bits per heavy atom. The largest absolute Gasteiger partial charge is 0.507 e. The summed E-state index contributed by atoms with van der Waals surface area (Å²) in [6.45, 7) is 20.2. The number of benzene rings is 3. The molecular formula is C66H79Cl2N17O2. The summed E-state index contributed by atoms with van der Waals surface area (Å²) >= 11 is 13.1. The zero-order chi connectivity index (χ0) is 61.4. The Kier molecular flexibility index (Phi) is 17.2. The summed E-state index contributed by atoms with van der Waals surface area (Å²) in [4.78, 5) is 38.6. The summed E-state index contributed by atoms with van der Waals surface area (Å²) in [5.74, 6) is 4.65. The number of H-pyrrole nitrogens is 2. The maximum absolute atomic E-state index is 10.5. The Morgan fingerprint density at radius 3 is 1.49 bits per heavy atom. The number of aromatic nitrogens is 12. The van der Waals surface area contributed by atoms with E-state index in [1.54, 1.807) is 74.2 Å². The van der Waals surface area contributed by atoms with E-state index in [1.165, 1.54) is 19.3 Å². The first-order valence-corrected chi connectivity index (χ1v) is 30.6. The lowest BCUT2D eigenvalue weighted by Gasteiger charge is -2.49. The van der Waals surface area contributed by atoms with Crippen LogP contribution in [0.25, 0.3) is 61.7 Å². The molecule has 2 unspecified atom stereocenters. The number of fused-ring (bicyclic) bond motifs is 1. The van der Waals surface area contributed by atoms with E-state index in [-0.39, 0.29) is 33.7 Å². The summed E-state index contributed by atoms with van der Waals surface area (Å²) in [5, 5.41) is 43.0. The van der Waals surface area contributed by atoms with Crippen LogP contribution >= 0.6 is 23.2 Å². The average Bonchev–Trinajstić information content (AvgIpc) is 2.39. The monoisotopic (exact) mass is 1210 g/mol. The molecule has 3 saturated heterocycles. The van der Waals surface area contributed by atoms with Gasteiger partial charge in [0.2, 0.25) is 0 Å². The molecule has 3 aromatic carbocycles. The number of imidazole rings is 1. The van der Waals surface area contributed by atoms with Gasteiger partial charge in [-0.3, -0.25) is 25.1 Å². The summed E-state index contributed by atoms with van der Waals surface area (Å²) < 4.78 is 1.84. The molecule has 6 aromatic heterocycles. The van der Waals surface area contributed by atoms with Crippen molar-refractivity contribution in [1.82, 2.24) is 70.5 Å². The second-order valence-electron chi connectivity index (χ2n) is 26.5. The SMILES string of the molecule is CN(c1cnc(-c2cc(Cl)c(-c3cn[nH]c3)cc2Cl)cn1)C1CC(C)(C)NC(C)(C)C1.CN(c1cnc(-c2ccc(-n3ccnc3)cc2O)cn1)C1CC(C)(C)NC(C)(C)C1.Oc1cc(-c2cn[nH]c2)ccc1-c1cnc(N2CC3CCCC3C2)cn1. The Morgan fingerprint density at radius 2 is 1.02 bits per heavy atom. The van der Waals surface area contributed by atoms with Gasteiger partial charge in [-0.2, -0.15) is 10.2 Å². The molecule has 4 aliphatic rings. The minimum absolute atomic E-state index is 0.0645. The van der Waals surface area contributed by atoms with Gasteiger partial charge in [-0.05, 0) is 148 Å². The normalized spacial score (nSPS) is 19.3. The van der Waals surface area contributed by atoms with Crippen LogP contribution in [0.2, 0.25) is 10.0 Å². The third-order valence-electron chi connectivity index (χ3n) is 17.4. The Bertz CT molecular complexity index is 3720. The quantitative estimate of drug-likeness (QED) is 0.0708. The zero-order valence-electron chi connectivity index (χ0n) is 51.3. The summed E-state index contributed by atoms with van der Waals surface area (Å²) in [5.41, 5.74) is 8.78. The number of aromatic hydroxyl groups is 2. The molecule has 0 amide bonds. The van der Waals surface area contributed by atoms with Crippen LogP contribution < -0.4 is 25.3 Å². The molecule has 13 rings (SSSR count). The number of hydrogen-bond donors (Lipinski definition) is 6. The summed E-state index contributed by atoms with van der Waals surface area (Å²) in [6, 6.07) is 15.5. The van der Waals surface area contributed by atoms with Gasteiger partial charge in [-0.15, -0.1) is 0 Å². The predicted molar refractivity (Wildman–Crippen MR) is 347 cm³/mol. The molecule has 87 heavy (non-hydrogen) atoms. The molecule has 1 aliphatic carbocycles. The fourth-order valence-electron chi connectivity index (χ4n) is 13.8. The van der Waals surface area contributed by atoms with Gasteiger partial charge < -0.3 is 40.1 Å². The second kappa shape index (κ2) is 24.7. The topological polar surface area (TPSA) is 227 Å². The molecule has 0 radical (unpaired) electrons. The number of nitrogens with zero attached hydrogens (tertiary/aromatic N) is 13. The van der Waals surface area contributed by atoms with E-state index in [0.29, 0.717) is 50.3 Å². The van der Waals surface area contributed by atoms with Crippen molar-refractivity contribution < 1.29 is 10.2 Å². The molecule has 6 N–H and O–H groups in total. The third kappa shape index (κ3) is 14.1. The number of hydrogen-bond acceptors (Lipinski definition) is 16. The number of anilines is 3. The third-order valence-corrected chi connectivity index (χ3v) is 18.1. The Balaban J connectivity index is 0.000000136. The van der Waals surface area contributed by atoms with E-state index in [2.05, 4.69) is 145 Å². The van der Waals surface area contributed by atoms with Gasteiger partial charge in [0.15, 0.2) is 0 Å². The maximum atomic E-state index is 10.5. The van der Waals surface area contributed by atoms with E-state index < -0.39 is 0 Å². The average molecular weight is 1210 g/mol. The van der Waals surface area contributed by atoms with Crippen molar-refractivity contribution >= 4 is 40.7 Å². The lowest BCUT2D eigenvalue weighted by molar-refractivity contribution is 0.160. The van der Waals surface area contributed by atoms with Crippen molar-refractivity contribution in [3.05, 3.63) is 139 Å². The fraction of sp³-hybridized carbons (Fsp3) is 0.409. The van der Waals surface area contributed by atoms with E-state index in [9.17, 15) is 10.2 Å². The number of nitrogens with one attached hydrogen (secondary N) is 4. The molecule has 9 heterocycles. The highest BCUT2D eigenvalue weighted by molar-refractivity contribution is 6.37. The van der Waals surface area contributed by atoms with Crippen molar-refractivity contribution in [3.63, 3.8) is 0 Å². The van der Waals surface area contributed by atoms with E-state index in [4.69, 9.17) is 28.2 Å². The molecule has 0 spiro atoms. The van der Waals surface area contributed by atoms with Crippen molar-refractivity contribution in [2.24, 2.45) is 11.8 Å². The van der Waals surface area contributed by atoms with Crippen molar-refractivity contribution in [2.75, 3.05) is 41.9 Å². The van der Waals surface area contributed by atoms with E-state index >= 15 is 0 Å². The van der Waals surface area contributed by atoms with Gasteiger partial charge in [0.1, 0.15) is 29.0 Å². The van der Waals surface area contributed by atoms with Crippen LogP contribution in [-0.4, -0.2) is 131 Å². The summed E-state index contributed by atoms with van der Waals surface area (Å²) in [6.07, 6.45) is 31.2. The molecular weight excluding hydrogens is 1130 g/mol. The Hall–Kier alpha value is -7.97. The number of piperidine rings is 2. The van der Waals surface area contributed by atoms with Gasteiger partial charge >= 0.3 is 0 Å². The van der Waals surface area contributed by atoms with Crippen LogP contribution in [0.3, 0.4) is 0 Å². The molecule has 4 fully saturated rings. The first-order valence-electron chi connectivity index (χ1n) is 29.8. The van der Waals surface area contributed by atoms with Crippen molar-refractivity contribution in [1.29, 1.82) is 0 Å². The predicted octanol–water partition coefficient (Wildman–Crippen LogP) is 12.8. The highest BCUT2D eigenvalue weighted by Gasteiger charge is 2.41. The molecule has 9 aromatic rings. The molecule has 3 aliphatic heterocycles. The number of rotatable bonds is 11. The maximum Gasteiger partial charge on any atom is 0.147 e. The molecule has 21 heteroatoms. The first-order chi connectivity index (χ1) is 41.5. The number of phenolic OH excluding ortho intramolecular Hbond substituents is 2. The van der Waals surface area contributed by atoms with Crippen LogP contribution in [0.5, 0.6) is 11.5 Å². The molecule has 454 valence electrons. The number of aromatic amines is 2. The van der Waals surface area contributed by atoms with Crippen LogP contribution in [0, 0.1) is 11.8 Å². The van der Waals surface area contributed by atoms with Crippen LogP contribution in [0.1, 0.15) is 100 Å². The molecule has 1 saturated carbocycles.